The Morgan fingerprint density at radius 1 is 0.919 bits per heavy atom. The number of hydrogen-bond acceptors (Lipinski definition) is 6. The van der Waals surface area contributed by atoms with Gasteiger partial charge in [0.15, 0.2) is 0 Å². The number of carbonyl (C=O) groups excluding carboxylic acids is 1. The molecule has 0 saturated carbocycles. The molecule has 0 spiro atoms. The molecule has 7 nitrogen and oxygen atoms in total. The van der Waals surface area contributed by atoms with Crippen molar-refractivity contribution in [3.05, 3.63) is 66.2 Å². The van der Waals surface area contributed by atoms with Gasteiger partial charge in [-0.3, -0.25) is 9.69 Å². The molecule has 1 aromatic heterocycles. The number of nitrogens with zero attached hydrogens (tertiary/aromatic N) is 2. The van der Waals surface area contributed by atoms with E-state index in [9.17, 15) is 4.79 Å². The average Bonchev–Trinajstić information content (AvgIpc) is 3.29. The van der Waals surface area contributed by atoms with Crippen LogP contribution in [0.15, 0.2) is 65.1 Å². The van der Waals surface area contributed by atoms with Crippen molar-refractivity contribution in [1.82, 2.24) is 10.2 Å². The third-order valence-corrected chi connectivity index (χ3v) is 6.98. The maximum absolute atomic E-state index is 13.5. The van der Waals surface area contributed by atoms with Crippen molar-refractivity contribution < 1.29 is 18.7 Å². The van der Waals surface area contributed by atoms with Crippen molar-refractivity contribution in [1.29, 1.82) is 0 Å². The molecule has 1 aliphatic rings. The number of methoxy groups -OCH3 is 2. The molecule has 37 heavy (non-hydrogen) atoms. The van der Waals surface area contributed by atoms with Crippen molar-refractivity contribution in [3.8, 4) is 11.5 Å². The van der Waals surface area contributed by atoms with Crippen LogP contribution in [0.3, 0.4) is 0 Å². The van der Waals surface area contributed by atoms with E-state index in [1.165, 1.54) is 0 Å². The fourth-order valence-corrected chi connectivity index (χ4v) is 5.11. The molecule has 0 aliphatic carbocycles. The lowest BCUT2D eigenvalue weighted by molar-refractivity contribution is 0.0821. The van der Waals surface area contributed by atoms with Crippen LogP contribution >= 0.6 is 12.4 Å². The van der Waals surface area contributed by atoms with Crippen molar-refractivity contribution in [2.45, 2.75) is 25.9 Å². The number of para-hydroxylation sites is 3. The van der Waals surface area contributed by atoms with Gasteiger partial charge in [0.1, 0.15) is 22.7 Å². The highest BCUT2D eigenvalue weighted by Crippen LogP contribution is 2.34. The van der Waals surface area contributed by atoms with E-state index in [-0.39, 0.29) is 24.5 Å². The minimum Gasteiger partial charge on any atom is -0.496 e. The number of carbonyl (C=O) groups is 1. The van der Waals surface area contributed by atoms with Crippen LogP contribution < -0.4 is 19.7 Å². The number of benzene rings is 3. The first-order valence-electron chi connectivity index (χ1n) is 12.5. The standard InChI is InChI=1S/C29H33N3O4.ClH/c1-4-9-28(32-16-14-31(15-17-32)23-11-6-8-13-25(23)34-2)30-29(33)22-19-27-21(18-26(22)35-3)20-10-5-7-12-24(20)36-27;/h5-8,10-13,18-19,28H,4,9,14-17H2,1-3H3,(H,30,33);1H. The second-order valence-corrected chi connectivity index (χ2v) is 9.12. The lowest BCUT2D eigenvalue weighted by atomic mass is 10.1. The topological polar surface area (TPSA) is 67.2 Å². The van der Waals surface area contributed by atoms with Crippen LogP contribution in [-0.4, -0.2) is 57.4 Å². The van der Waals surface area contributed by atoms with Gasteiger partial charge in [-0.1, -0.05) is 43.7 Å². The molecule has 1 N–H and O–H groups in total. The first-order valence-corrected chi connectivity index (χ1v) is 12.5. The average molecular weight is 524 g/mol. The van der Waals surface area contributed by atoms with Gasteiger partial charge >= 0.3 is 0 Å². The van der Waals surface area contributed by atoms with E-state index in [2.05, 4.69) is 28.1 Å². The summed E-state index contributed by atoms with van der Waals surface area (Å²) in [6, 6.07) is 19.7. The van der Waals surface area contributed by atoms with Gasteiger partial charge < -0.3 is 24.1 Å². The number of fused-ring (bicyclic) bond motifs is 3. The van der Waals surface area contributed by atoms with Crippen LogP contribution in [0.2, 0.25) is 0 Å². The summed E-state index contributed by atoms with van der Waals surface area (Å²) in [5.74, 6) is 1.28. The van der Waals surface area contributed by atoms with Crippen molar-refractivity contribution in [2.24, 2.45) is 0 Å². The Balaban J connectivity index is 0.00000320. The summed E-state index contributed by atoms with van der Waals surface area (Å²) in [6.07, 6.45) is 1.78. The van der Waals surface area contributed by atoms with Crippen molar-refractivity contribution >= 4 is 45.9 Å². The van der Waals surface area contributed by atoms with Crippen molar-refractivity contribution in [2.75, 3.05) is 45.3 Å². The second kappa shape index (κ2) is 11.8. The molecule has 2 heterocycles. The largest absolute Gasteiger partial charge is 0.496 e. The molecule has 1 atom stereocenters. The quantitative estimate of drug-likeness (QED) is 0.319. The number of amides is 1. The lowest BCUT2D eigenvalue weighted by Gasteiger charge is -2.40. The highest BCUT2D eigenvalue weighted by molar-refractivity contribution is 6.09. The maximum atomic E-state index is 13.5. The number of anilines is 1. The molecule has 196 valence electrons. The van der Waals surface area contributed by atoms with Gasteiger partial charge in [0.25, 0.3) is 5.91 Å². The number of ether oxygens (including phenoxy) is 2. The molecule has 1 saturated heterocycles. The van der Waals surface area contributed by atoms with E-state index in [1.54, 1.807) is 20.3 Å². The zero-order valence-electron chi connectivity index (χ0n) is 21.5. The number of hydrogen-bond donors (Lipinski definition) is 1. The number of piperazine rings is 1. The molecule has 4 aromatic rings. The Hall–Kier alpha value is -3.42. The predicted molar refractivity (Wildman–Crippen MR) is 150 cm³/mol. The highest BCUT2D eigenvalue weighted by atomic mass is 35.5. The minimum absolute atomic E-state index is 0. The van der Waals surface area contributed by atoms with E-state index in [4.69, 9.17) is 13.9 Å². The summed E-state index contributed by atoms with van der Waals surface area (Å²) < 4.78 is 17.2. The number of halogens is 1. The number of furan rings is 1. The molecular formula is C29H34ClN3O4. The predicted octanol–water partition coefficient (Wildman–Crippen LogP) is 5.70. The lowest BCUT2D eigenvalue weighted by Crippen LogP contribution is -2.56. The van der Waals surface area contributed by atoms with E-state index in [0.29, 0.717) is 16.9 Å². The Morgan fingerprint density at radius 3 is 2.35 bits per heavy atom. The summed E-state index contributed by atoms with van der Waals surface area (Å²) in [7, 11) is 3.31. The Kier molecular flexibility index (Phi) is 8.46. The smallest absolute Gasteiger partial charge is 0.256 e. The summed E-state index contributed by atoms with van der Waals surface area (Å²) in [4.78, 5) is 18.2. The molecular weight excluding hydrogens is 490 g/mol. The van der Waals surface area contributed by atoms with E-state index in [0.717, 1.165) is 66.8 Å². The fraction of sp³-hybridized carbons (Fsp3) is 0.345. The van der Waals surface area contributed by atoms with Crippen LogP contribution in [-0.2, 0) is 0 Å². The van der Waals surface area contributed by atoms with Crippen LogP contribution in [0.25, 0.3) is 21.9 Å². The maximum Gasteiger partial charge on any atom is 0.256 e. The molecule has 1 fully saturated rings. The van der Waals surface area contributed by atoms with Crippen LogP contribution in [0.1, 0.15) is 30.1 Å². The summed E-state index contributed by atoms with van der Waals surface area (Å²) >= 11 is 0. The van der Waals surface area contributed by atoms with Gasteiger partial charge in [-0.2, -0.15) is 0 Å². The Morgan fingerprint density at radius 2 is 1.62 bits per heavy atom. The molecule has 0 bridgehead atoms. The summed E-state index contributed by atoms with van der Waals surface area (Å²) in [6.45, 7) is 5.58. The molecule has 0 radical (unpaired) electrons. The van der Waals surface area contributed by atoms with Crippen LogP contribution in [0.5, 0.6) is 11.5 Å². The molecule has 3 aromatic carbocycles. The SMILES string of the molecule is CCCC(NC(=O)c1cc2oc3ccccc3c2cc1OC)N1CCN(c2ccccc2OC)CC1.Cl. The van der Waals surface area contributed by atoms with Crippen LogP contribution in [0, 0.1) is 0 Å². The van der Waals surface area contributed by atoms with Gasteiger partial charge in [0.2, 0.25) is 0 Å². The number of nitrogens with one attached hydrogen (secondary N) is 1. The molecule has 1 aliphatic heterocycles. The van der Waals surface area contributed by atoms with Crippen LogP contribution in [0.4, 0.5) is 5.69 Å². The van der Waals surface area contributed by atoms with Crippen molar-refractivity contribution in [3.63, 3.8) is 0 Å². The fourth-order valence-electron chi connectivity index (χ4n) is 5.11. The molecule has 1 amide bonds. The zero-order chi connectivity index (χ0) is 25.1. The second-order valence-electron chi connectivity index (χ2n) is 9.12. The van der Waals surface area contributed by atoms with E-state index in [1.807, 2.05) is 48.5 Å². The van der Waals surface area contributed by atoms with E-state index < -0.39 is 0 Å². The molecule has 1 unspecified atom stereocenters. The monoisotopic (exact) mass is 523 g/mol. The Labute approximate surface area is 223 Å². The Bertz CT molecular complexity index is 1360. The third kappa shape index (κ3) is 5.33. The van der Waals surface area contributed by atoms with E-state index >= 15 is 0 Å². The number of rotatable bonds is 8. The minimum atomic E-state index is -0.153. The van der Waals surface area contributed by atoms with Gasteiger partial charge in [-0.05, 0) is 36.8 Å². The van der Waals surface area contributed by atoms with Gasteiger partial charge in [0, 0.05) is 37.0 Å². The normalized spacial score (nSPS) is 14.8. The molecule has 5 rings (SSSR count). The first kappa shape index (κ1) is 26.6. The zero-order valence-corrected chi connectivity index (χ0v) is 22.3. The molecule has 8 heteroatoms. The van der Waals surface area contributed by atoms with Gasteiger partial charge in [0.05, 0.1) is 31.6 Å². The van der Waals surface area contributed by atoms with Gasteiger partial charge in [-0.25, -0.2) is 0 Å². The van der Waals surface area contributed by atoms with Gasteiger partial charge in [-0.15, -0.1) is 12.4 Å². The third-order valence-electron chi connectivity index (χ3n) is 6.98. The first-order chi connectivity index (χ1) is 17.6. The summed E-state index contributed by atoms with van der Waals surface area (Å²) in [5, 5.41) is 5.23. The summed E-state index contributed by atoms with van der Waals surface area (Å²) in [5.41, 5.74) is 3.07. The highest BCUT2D eigenvalue weighted by Gasteiger charge is 2.27.